The molecule has 0 saturated carbocycles. The van der Waals surface area contributed by atoms with Gasteiger partial charge in [0.15, 0.2) is 11.5 Å². The smallest absolute Gasteiger partial charge is 0.287 e. The second kappa shape index (κ2) is 6.80. The van der Waals surface area contributed by atoms with Crippen molar-refractivity contribution in [1.82, 2.24) is 9.78 Å². The number of halogens is 2. The van der Waals surface area contributed by atoms with Gasteiger partial charge in [0, 0.05) is 17.1 Å². The van der Waals surface area contributed by atoms with E-state index in [1.165, 1.54) is 26.6 Å². The first-order chi connectivity index (χ1) is 10.4. The highest BCUT2D eigenvalue weighted by atomic mass is 79.9. The number of nitrogens with zero attached hydrogens (tertiary/aromatic N) is 3. The van der Waals surface area contributed by atoms with Gasteiger partial charge in [-0.2, -0.15) is 10.2 Å². The summed E-state index contributed by atoms with van der Waals surface area (Å²) in [5.74, 6) is 0.258. The average molecular weight is 388 g/mol. The molecule has 9 heteroatoms. The van der Waals surface area contributed by atoms with Crippen LogP contribution < -0.4 is 15.7 Å². The molecule has 0 unspecified atom stereocenters. The first kappa shape index (κ1) is 16.3. The minimum absolute atomic E-state index is 0.0225. The van der Waals surface area contributed by atoms with E-state index in [1.54, 1.807) is 12.1 Å². The number of aryl methyl sites for hydroxylation is 1. The number of rotatable bonds is 4. The summed E-state index contributed by atoms with van der Waals surface area (Å²) < 4.78 is 6.87. The van der Waals surface area contributed by atoms with Gasteiger partial charge in [0.05, 0.1) is 19.5 Å². The van der Waals surface area contributed by atoms with Crippen molar-refractivity contribution in [2.45, 2.75) is 0 Å². The van der Waals surface area contributed by atoms with Gasteiger partial charge in [-0.25, -0.2) is 4.68 Å². The highest BCUT2D eigenvalue weighted by Gasteiger charge is 2.09. The summed E-state index contributed by atoms with van der Waals surface area (Å²) in [4.78, 5) is 11.6. The lowest BCUT2D eigenvalue weighted by atomic mass is 10.2. The molecule has 0 saturated heterocycles. The third-order valence-corrected chi connectivity index (χ3v) is 3.58. The highest BCUT2D eigenvalue weighted by molar-refractivity contribution is 9.10. The van der Waals surface area contributed by atoms with E-state index in [0.29, 0.717) is 11.3 Å². The number of methoxy groups -OCH3 is 1. The third kappa shape index (κ3) is 3.40. The van der Waals surface area contributed by atoms with Crippen LogP contribution in [0.25, 0.3) is 0 Å². The Morgan fingerprint density at radius 3 is 2.95 bits per heavy atom. The highest BCUT2D eigenvalue weighted by Crippen LogP contribution is 2.32. The van der Waals surface area contributed by atoms with Gasteiger partial charge in [-0.05, 0) is 12.1 Å². The Labute approximate surface area is 139 Å². The predicted molar refractivity (Wildman–Crippen MR) is 88.1 cm³/mol. The summed E-state index contributed by atoms with van der Waals surface area (Å²) in [5.41, 5.74) is 2.86. The molecule has 2 rings (SSSR count). The first-order valence-corrected chi connectivity index (χ1v) is 7.18. The third-order valence-electron chi connectivity index (χ3n) is 2.76. The molecule has 2 N–H and O–H groups in total. The number of aromatic hydroxyl groups is 1. The van der Waals surface area contributed by atoms with Gasteiger partial charge >= 0.3 is 0 Å². The monoisotopic (exact) mass is 386 g/mol. The van der Waals surface area contributed by atoms with Crippen molar-refractivity contribution in [3.63, 3.8) is 0 Å². The number of nitrogens with one attached hydrogen (secondary N) is 1. The topological polar surface area (TPSA) is 88.7 Å². The molecule has 0 bridgehead atoms. The standard InChI is InChI=1S/C13H12BrClN4O3/c1-19-13(21)11(15)9(6-17-19)18-16-5-7-3-8(14)4-10(22-2)12(7)20/h3-6,18,20H,1-2H3/b16-5-. The van der Waals surface area contributed by atoms with Crippen LogP contribution in [0.5, 0.6) is 11.5 Å². The minimum atomic E-state index is -0.436. The molecular weight excluding hydrogens is 376 g/mol. The molecule has 0 aliphatic heterocycles. The van der Waals surface area contributed by atoms with Crippen molar-refractivity contribution in [2.24, 2.45) is 12.1 Å². The van der Waals surface area contributed by atoms with Crippen LogP contribution in [-0.2, 0) is 7.05 Å². The largest absolute Gasteiger partial charge is 0.504 e. The SMILES string of the molecule is COc1cc(Br)cc(/C=N\Nc2cnn(C)c(=O)c2Cl)c1O. The van der Waals surface area contributed by atoms with Crippen molar-refractivity contribution in [3.8, 4) is 11.5 Å². The van der Waals surface area contributed by atoms with E-state index >= 15 is 0 Å². The molecule has 22 heavy (non-hydrogen) atoms. The van der Waals surface area contributed by atoms with Gasteiger partial charge in [-0.1, -0.05) is 27.5 Å². The Hall–Kier alpha value is -2.06. The van der Waals surface area contributed by atoms with Gasteiger partial charge in [-0.3, -0.25) is 10.2 Å². The van der Waals surface area contributed by atoms with Crippen molar-refractivity contribution >= 4 is 39.4 Å². The lowest BCUT2D eigenvalue weighted by molar-refractivity contribution is 0.373. The number of phenols is 1. The first-order valence-electron chi connectivity index (χ1n) is 6.01. The molecule has 0 atom stereocenters. The van der Waals surface area contributed by atoms with E-state index in [1.807, 2.05) is 0 Å². The predicted octanol–water partition coefficient (Wildman–Crippen LogP) is 2.36. The van der Waals surface area contributed by atoms with Crippen LogP contribution in [0.1, 0.15) is 5.56 Å². The van der Waals surface area contributed by atoms with Crippen molar-refractivity contribution < 1.29 is 9.84 Å². The molecule has 0 radical (unpaired) electrons. The van der Waals surface area contributed by atoms with Crippen LogP contribution in [-0.4, -0.2) is 28.2 Å². The van der Waals surface area contributed by atoms with Crippen LogP contribution in [0.4, 0.5) is 5.69 Å². The Balaban J connectivity index is 2.26. The second-order valence-corrected chi connectivity index (χ2v) is 5.51. The summed E-state index contributed by atoms with van der Waals surface area (Å²) in [6.07, 6.45) is 2.75. The fourth-order valence-electron chi connectivity index (χ4n) is 1.61. The molecule has 0 aliphatic carbocycles. The molecule has 2 aromatic rings. The maximum atomic E-state index is 11.6. The number of aromatic nitrogens is 2. The minimum Gasteiger partial charge on any atom is -0.504 e. The fourth-order valence-corrected chi connectivity index (χ4v) is 2.28. The Kier molecular flexibility index (Phi) is 5.04. The second-order valence-electron chi connectivity index (χ2n) is 4.22. The van der Waals surface area contributed by atoms with Gasteiger partial charge in [0.2, 0.25) is 0 Å². The quantitative estimate of drug-likeness (QED) is 0.621. The number of hydrogen-bond acceptors (Lipinski definition) is 6. The van der Waals surface area contributed by atoms with Gasteiger partial charge < -0.3 is 9.84 Å². The molecule has 0 fully saturated rings. The van der Waals surface area contributed by atoms with Crippen molar-refractivity contribution in [1.29, 1.82) is 0 Å². The van der Waals surface area contributed by atoms with Gasteiger partial charge in [-0.15, -0.1) is 0 Å². The molecule has 1 aromatic heterocycles. The van der Waals surface area contributed by atoms with E-state index in [-0.39, 0.29) is 16.5 Å². The maximum absolute atomic E-state index is 11.6. The lowest BCUT2D eigenvalue weighted by Crippen LogP contribution is -2.20. The number of benzene rings is 1. The average Bonchev–Trinajstić information content (AvgIpc) is 2.50. The number of ether oxygens (including phenoxy) is 1. The van der Waals surface area contributed by atoms with E-state index < -0.39 is 5.56 Å². The normalized spacial score (nSPS) is 10.9. The zero-order chi connectivity index (χ0) is 16.3. The van der Waals surface area contributed by atoms with E-state index in [4.69, 9.17) is 16.3 Å². The Morgan fingerprint density at radius 1 is 1.55 bits per heavy atom. The Bertz CT molecular complexity index is 792. The molecule has 7 nitrogen and oxygen atoms in total. The molecule has 1 aromatic carbocycles. The summed E-state index contributed by atoms with van der Waals surface area (Å²) in [7, 11) is 2.94. The lowest BCUT2D eigenvalue weighted by Gasteiger charge is -2.07. The van der Waals surface area contributed by atoms with Crippen molar-refractivity contribution in [2.75, 3.05) is 12.5 Å². The zero-order valence-electron chi connectivity index (χ0n) is 11.7. The number of phenolic OH excluding ortho intramolecular Hbond substituents is 1. The molecule has 0 spiro atoms. The molecular formula is C13H12BrClN4O3. The van der Waals surface area contributed by atoms with E-state index in [0.717, 1.165) is 9.15 Å². The van der Waals surface area contributed by atoms with Gasteiger partial charge in [0.1, 0.15) is 10.7 Å². The maximum Gasteiger partial charge on any atom is 0.287 e. The summed E-state index contributed by atoms with van der Waals surface area (Å²) in [6, 6.07) is 3.29. The summed E-state index contributed by atoms with van der Waals surface area (Å²) >= 11 is 9.20. The zero-order valence-corrected chi connectivity index (χ0v) is 14.0. The van der Waals surface area contributed by atoms with Crippen LogP contribution in [0.2, 0.25) is 5.02 Å². The molecule has 0 amide bonds. The van der Waals surface area contributed by atoms with Crippen molar-refractivity contribution in [3.05, 3.63) is 43.7 Å². The fraction of sp³-hybridized carbons (Fsp3) is 0.154. The van der Waals surface area contributed by atoms with Crippen LogP contribution in [0, 0.1) is 0 Å². The van der Waals surface area contributed by atoms with Crippen LogP contribution in [0.3, 0.4) is 0 Å². The summed E-state index contributed by atoms with van der Waals surface area (Å²) in [6.45, 7) is 0. The molecule has 116 valence electrons. The van der Waals surface area contributed by atoms with Crippen LogP contribution in [0.15, 0.2) is 32.7 Å². The summed E-state index contributed by atoms with van der Waals surface area (Å²) in [5, 5.41) is 17.7. The number of hydrazone groups is 1. The van der Waals surface area contributed by atoms with Gasteiger partial charge in [0.25, 0.3) is 5.56 Å². The molecule has 0 aliphatic rings. The van der Waals surface area contributed by atoms with Crippen LogP contribution >= 0.6 is 27.5 Å². The van der Waals surface area contributed by atoms with E-state index in [2.05, 4.69) is 31.6 Å². The van der Waals surface area contributed by atoms with E-state index in [9.17, 15) is 9.90 Å². The number of anilines is 1. The Morgan fingerprint density at radius 2 is 2.27 bits per heavy atom. The number of hydrogen-bond donors (Lipinski definition) is 2. The molecule has 1 heterocycles.